The molecule has 4 rings (SSSR count). The molecule has 0 fully saturated rings. The summed E-state index contributed by atoms with van der Waals surface area (Å²) in [4.78, 5) is 20.0. The molecule has 0 spiro atoms. The molecule has 2 aromatic heterocycles. The number of benzene rings is 2. The van der Waals surface area contributed by atoms with Crippen molar-refractivity contribution >= 4 is 51.7 Å². The second kappa shape index (κ2) is 8.04. The lowest BCUT2D eigenvalue weighted by Gasteiger charge is -2.04. The Hall–Kier alpha value is -2.48. The van der Waals surface area contributed by atoms with Gasteiger partial charge in [0.15, 0.2) is 14.8 Å². The molecule has 0 amide bonds. The van der Waals surface area contributed by atoms with Crippen molar-refractivity contribution in [2.45, 2.75) is 5.16 Å². The molecule has 27 heavy (non-hydrogen) atoms. The van der Waals surface area contributed by atoms with Gasteiger partial charge in [-0.2, -0.15) is 0 Å². The largest absolute Gasteiger partial charge is 0.300 e. The van der Waals surface area contributed by atoms with Crippen LogP contribution in [0.5, 0.6) is 0 Å². The van der Waals surface area contributed by atoms with E-state index in [0.717, 1.165) is 11.3 Å². The maximum atomic E-state index is 12.5. The van der Waals surface area contributed by atoms with Gasteiger partial charge < -0.3 is 4.98 Å². The van der Waals surface area contributed by atoms with Gasteiger partial charge in [-0.25, -0.2) is 4.98 Å². The molecule has 0 atom stereocenters. The van der Waals surface area contributed by atoms with Gasteiger partial charge in [-0.05, 0) is 29.9 Å². The van der Waals surface area contributed by atoms with E-state index in [-0.39, 0.29) is 5.56 Å². The number of rotatable bonds is 5. The highest BCUT2D eigenvalue weighted by Gasteiger charge is 2.13. The summed E-state index contributed by atoms with van der Waals surface area (Å²) in [5.41, 5.74) is 2.51. The molecule has 0 unspecified atom stereocenters. The quantitative estimate of drug-likeness (QED) is 0.276. The first-order valence-electron chi connectivity index (χ1n) is 8.28. The molecule has 0 radical (unpaired) electrons. The molecule has 0 aliphatic rings. The second-order valence-electron chi connectivity index (χ2n) is 5.69. The van der Waals surface area contributed by atoms with Crippen LogP contribution in [0, 0.1) is 3.95 Å². The van der Waals surface area contributed by atoms with E-state index >= 15 is 0 Å². The van der Waals surface area contributed by atoms with Crippen molar-refractivity contribution in [3.63, 3.8) is 0 Å². The Labute approximate surface area is 169 Å². The van der Waals surface area contributed by atoms with E-state index in [2.05, 4.69) is 22.1 Å². The molecule has 134 valence electrons. The summed E-state index contributed by atoms with van der Waals surface area (Å²) < 4.78 is 3.02. The SMILES string of the molecule is O=c1[nH]c(SC/C=C/c2ccccc2)nc2c1sc(=S)n2-c1ccccc1. The average molecular weight is 410 g/mol. The Morgan fingerprint density at radius 3 is 2.56 bits per heavy atom. The third-order valence-electron chi connectivity index (χ3n) is 3.86. The summed E-state index contributed by atoms with van der Waals surface area (Å²) >= 11 is 8.24. The number of thiazole rings is 1. The van der Waals surface area contributed by atoms with Crippen LogP contribution in [0.25, 0.3) is 22.1 Å². The van der Waals surface area contributed by atoms with E-state index in [1.54, 1.807) is 0 Å². The van der Waals surface area contributed by atoms with Gasteiger partial charge >= 0.3 is 0 Å². The number of hydrogen-bond donors (Lipinski definition) is 1. The van der Waals surface area contributed by atoms with E-state index in [1.165, 1.54) is 23.1 Å². The number of nitrogens with zero attached hydrogens (tertiary/aromatic N) is 2. The van der Waals surface area contributed by atoms with Crippen molar-refractivity contribution in [2.75, 3.05) is 5.75 Å². The minimum atomic E-state index is -0.152. The lowest BCUT2D eigenvalue weighted by Crippen LogP contribution is -2.09. The Kier molecular flexibility index (Phi) is 5.33. The highest BCUT2D eigenvalue weighted by molar-refractivity contribution is 7.99. The summed E-state index contributed by atoms with van der Waals surface area (Å²) in [6, 6.07) is 19.8. The molecule has 2 aromatic carbocycles. The molecule has 1 N–H and O–H groups in total. The van der Waals surface area contributed by atoms with Crippen LogP contribution in [0.15, 0.2) is 76.7 Å². The van der Waals surface area contributed by atoms with Gasteiger partial charge in [0.1, 0.15) is 4.70 Å². The minimum Gasteiger partial charge on any atom is -0.300 e. The first kappa shape index (κ1) is 17.9. The zero-order valence-electron chi connectivity index (χ0n) is 14.2. The smallest absolute Gasteiger partial charge is 0.271 e. The molecule has 0 aliphatic carbocycles. The topological polar surface area (TPSA) is 50.7 Å². The van der Waals surface area contributed by atoms with Crippen LogP contribution >= 0.6 is 35.3 Å². The number of para-hydroxylation sites is 1. The van der Waals surface area contributed by atoms with Crippen LogP contribution in [0.1, 0.15) is 5.56 Å². The average Bonchev–Trinajstić information content (AvgIpc) is 3.03. The van der Waals surface area contributed by atoms with Crippen molar-refractivity contribution in [3.8, 4) is 5.69 Å². The number of aromatic amines is 1. The maximum absolute atomic E-state index is 12.5. The Bertz CT molecular complexity index is 1210. The van der Waals surface area contributed by atoms with Crippen LogP contribution in [0.4, 0.5) is 0 Å². The molecular weight excluding hydrogens is 394 g/mol. The number of nitrogens with one attached hydrogen (secondary N) is 1. The summed E-state index contributed by atoms with van der Waals surface area (Å²) in [5.74, 6) is 0.708. The highest BCUT2D eigenvalue weighted by Crippen LogP contribution is 2.24. The molecule has 4 nitrogen and oxygen atoms in total. The van der Waals surface area contributed by atoms with E-state index in [0.29, 0.717) is 25.2 Å². The molecule has 0 saturated carbocycles. The predicted octanol–water partition coefficient (Wildman–Crippen LogP) is 5.31. The van der Waals surface area contributed by atoms with E-state index in [1.807, 2.05) is 65.2 Å². The molecule has 0 saturated heterocycles. The third kappa shape index (κ3) is 3.95. The van der Waals surface area contributed by atoms with Crippen LogP contribution in [-0.2, 0) is 0 Å². The van der Waals surface area contributed by atoms with Crippen molar-refractivity contribution in [3.05, 3.63) is 86.6 Å². The van der Waals surface area contributed by atoms with Gasteiger partial charge in [0, 0.05) is 11.4 Å². The summed E-state index contributed by atoms with van der Waals surface area (Å²) in [6.45, 7) is 0. The maximum Gasteiger partial charge on any atom is 0.271 e. The zero-order chi connectivity index (χ0) is 18.6. The number of hydrogen-bond acceptors (Lipinski definition) is 5. The third-order valence-corrected chi connectivity index (χ3v) is 6.05. The fourth-order valence-electron chi connectivity index (χ4n) is 2.64. The number of fused-ring (bicyclic) bond motifs is 1. The highest BCUT2D eigenvalue weighted by atomic mass is 32.2. The van der Waals surface area contributed by atoms with Gasteiger partial charge in [-0.1, -0.05) is 83.8 Å². The van der Waals surface area contributed by atoms with Crippen LogP contribution in [-0.4, -0.2) is 20.3 Å². The second-order valence-corrected chi connectivity index (χ2v) is 8.34. The van der Waals surface area contributed by atoms with Gasteiger partial charge in [-0.3, -0.25) is 9.36 Å². The molecule has 7 heteroatoms. The summed E-state index contributed by atoms with van der Waals surface area (Å²) in [5, 5.41) is 0.586. The van der Waals surface area contributed by atoms with Crippen LogP contribution in [0.2, 0.25) is 0 Å². The van der Waals surface area contributed by atoms with Gasteiger partial charge in [0.2, 0.25) is 0 Å². The Morgan fingerprint density at radius 2 is 1.81 bits per heavy atom. The number of aromatic nitrogens is 3. The van der Waals surface area contributed by atoms with Crippen LogP contribution in [0.3, 0.4) is 0 Å². The van der Waals surface area contributed by atoms with Crippen molar-refractivity contribution < 1.29 is 0 Å². The molecule has 2 heterocycles. The minimum absolute atomic E-state index is 0.152. The fraction of sp³-hybridized carbons (Fsp3) is 0.0500. The van der Waals surface area contributed by atoms with Crippen molar-refractivity contribution in [1.82, 2.24) is 14.5 Å². The fourth-order valence-corrected chi connectivity index (χ4v) is 4.58. The normalized spacial score (nSPS) is 11.4. The van der Waals surface area contributed by atoms with E-state index < -0.39 is 0 Å². The van der Waals surface area contributed by atoms with Crippen molar-refractivity contribution in [1.29, 1.82) is 0 Å². The summed E-state index contributed by atoms with van der Waals surface area (Å²) in [6.07, 6.45) is 4.11. The van der Waals surface area contributed by atoms with E-state index in [4.69, 9.17) is 12.2 Å². The zero-order valence-corrected chi connectivity index (χ0v) is 16.6. The number of H-pyrrole nitrogens is 1. The molecular formula is C20H15N3OS3. The molecule has 0 bridgehead atoms. The first-order chi connectivity index (χ1) is 13.2. The summed E-state index contributed by atoms with van der Waals surface area (Å²) in [7, 11) is 0. The number of thioether (sulfide) groups is 1. The monoisotopic (exact) mass is 409 g/mol. The van der Waals surface area contributed by atoms with Gasteiger partial charge in [0.05, 0.1) is 0 Å². The van der Waals surface area contributed by atoms with Crippen molar-refractivity contribution in [2.24, 2.45) is 0 Å². The van der Waals surface area contributed by atoms with Crippen LogP contribution < -0.4 is 5.56 Å². The lowest BCUT2D eigenvalue weighted by atomic mass is 10.2. The first-order valence-corrected chi connectivity index (χ1v) is 10.5. The Balaban J connectivity index is 1.64. The standard InChI is InChI=1S/C20H15N3OS3/c24-18-16-17(23(20(25)27-16)15-11-5-2-6-12-15)21-19(22-18)26-13-7-10-14-8-3-1-4-9-14/h1-12H,13H2,(H,21,22,24)/b10-7+. The lowest BCUT2D eigenvalue weighted by molar-refractivity contribution is 0.945. The predicted molar refractivity (Wildman–Crippen MR) is 117 cm³/mol. The van der Waals surface area contributed by atoms with Gasteiger partial charge in [0.25, 0.3) is 5.56 Å². The van der Waals surface area contributed by atoms with E-state index in [9.17, 15) is 4.79 Å². The molecule has 4 aromatic rings. The Morgan fingerprint density at radius 1 is 1.11 bits per heavy atom. The molecule has 0 aliphatic heterocycles. The van der Waals surface area contributed by atoms with Gasteiger partial charge in [-0.15, -0.1) is 0 Å².